The third kappa shape index (κ3) is 3.49. The molecule has 1 saturated carbocycles. The molecule has 1 aromatic carbocycles. The van der Waals surface area contributed by atoms with Gasteiger partial charge in [0.25, 0.3) is 10.0 Å². The van der Waals surface area contributed by atoms with Gasteiger partial charge in [0.1, 0.15) is 4.90 Å². The molecule has 0 atom stereocenters. The minimum absolute atomic E-state index is 0.176. The van der Waals surface area contributed by atoms with Gasteiger partial charge in [0.05, 0.1) is 22.4 Å². The summed E-state index contributed by atoms with van der Waals surface area (Å²) in [6.45, 7) is 1.70. The predicted molar refractivity (Wildman–Crippen MR) is 91.7 cm³/mol. The van der Waals surface area contributed by atoms with Crippen LogP contribution in [0, 0.1) is 6.92 Å². The van der Waals surface area contributed by atoms with Gasteiger partial charge in [0.15, 0.2) is 0 Å². The fourth-order valence-electron chi connectivity index (χ4n) is 2.86. The average molecular weight is 374 g/mol. The highest BCUT2D eigenvalue weighted by Crippen LogP contribution is 2.31. The number of halogens is 2. The summed E-state index contributed by atoms with van der Waals surface area (Å²) in [5.41, 5.74) is 0.776. The normalized spacial score (nSPS) is 16.0. The Labute approximate surface area is 145 Å². The van der Waals surface area contributed by atoms with Crippen molar-refractivity contribution in [3.8, 4) is 0 Å². The van der Waals surface area contributed by atoms with Crippen molar-refractivity contribution >= 4 is 38.9 Å². The first kappa shape index (κ1) is 16.6. The van der Waals surface area contributed by atoms with Crippen LogP contribution in [0.15, 0.2) is 29.3 Å². The number of anilines is 1. The molecule has 124 valence electrons. The van der Waals surface area contributed by atoms with E-state index in [0.717, 1.165) is 25.7 Å². The third-order valence-electron chi connectivity index (χ3n) is 4.04. The van der Waals surface area contributed by atoms with E-state index in [1.807, 2.05) is 0 Å². The molecule has 8 heteroatoms. The molecule has 0 spiro atoms. The highest BCUT2D eigenvalue weighted by atomic mass is 35.5. The molecule has 0 saturated heterocycles. The number of hydrogen-bond acceptors (Lipinski definition) is 3. The van der Waals surface area contributed by atoms with E-state index in [4.69, 9.17) is 23.2 Å². The molecule has 23 heavy (non-hydrogen) atoms. The van der Waals surface area contributed by atoms with Gasteiger partial charge in [-0.05, 0) is 38.0 Å². The maximum absolute atomic E-state index is 12.6. The second kappa shape index (κ2) is 6.34. The fraction of sp³-hybridized carbons (Fsp3) is 0.400. The Morgan fingerprint density at radius 3 is 2.61 bits per heavy atom. The maximum atomic E-state index is 12.6. The standard InChI is InChI=1S/C15H17Cl2N3O2S/c1-10-15(9-20(18-10)12-4-2-3-5-12)23(21,22)19-14-7-6-11(16)8-13(14)17/h6-9,12,19H,2-5H2,1H3. The van der Waals surface area contributed by atoms with E-state index >= 15 is 0 Å². The van der Waals surface area contributed by atoms with E-state index in [-0.39, 0.29) is 16.0 Å². The molecule has 1 aliphatic rings. The van der Waals surface area contributed by atoms with Crippen LogP contribution < -0.4 is 4.72 Å². The first-order chi connectivity index (χ1) is 10.9. The molecule has 3 rings (SSSR count). The van der Waals surface area contributed by atoms with Gasteiger partial charge < -0.3 is 0 Å². The molecular formula is C15H17Cl2N3O2S. The average Bonchev–Trinajstić information content (AvgIpc) is 3.11. The van der Waals surface area contributed by atoms with Crippen LogP contribution in [0.3, 0.4) is 0 Å². The molecule has 1 N–H and O–H groups in total. The Kier molecular flexibility index (Phi) is 4.58. The van der Waals surface area contributed by atoms with Crippen molar-refractivity contribution in [1.29, 1.82) is 0 Å². The molecule has 0 bridgehead atoms. The maximum Gasteiger partial charge on any atom is 0.265 e. The number of aryl methyl sites for hydroxylation is 1. The lowest BCUT2D eigenvalue weighted by Crippen LogP contribution is -2.13. The number of sulfonamides is 1. The molecule has 1 aliphatic carbocycles. The van der Waals surface area contributed by atoms with Gasteiger partial charge in [-0.15, -0.1) is 0 Å². The van der Waals surface area contributed by atoms with Crippen LogP contribution in [0.25, 0.3) is 0 Å². The Morgan fingerprint density at radius 1 is 1.26 bits per heavy atom. The number of rotatable bonds is 4. The zero-order chi connectivity index (χ0) is 16.6. The fourth-order valence-corrected chi connectivity index (χ4v) is 4.62. The minimum Gasteiger partial charge on any atom is -0.278 e. The zero-order valence-corrected chi connectivity index (χ0v) is 14.9. The van der Waals surface area contributed by atoms with Crippen molar-refractivity contribution in [2.75, 3.05) is 4.72 Å². The molecule has 0 unspecified atom stereocenters. The van der Waals surface area contributed by atoms with Gasteiger partial charge >= 0.3 is 0 Å². The number of nitrogens with zero attached hydrogens (tertiary/aromatic N) is 2. The van der Waals surface area contributed by atoms with Crippen LogP contribution in [0.1, 0.15) is 37.4 Å². The quantitative estimate of drug-likeness (QED) is 0.862. The smallest absolute Gasteiger partial charge is 0.265 e. The molecule has 0 radical (unpaired) electrons. The zero-order valence-electron chi connectivity index (χ0n) is 12.6. The van der Waals surface area contributed by atoms with Crippen LogP contribution in [0.4, 0.5) is 5.69 Å². The first-order valence-electron chi connectivity index (χ1n) is 7.40. The molecule has 0 aliphatic heterocycles. The van der Waals surface area contributed by atoms with Gasteiger partial charge in [-0.3, -0.25) is 9.40 Å². The van der Waals surface area contributed by atoms with E-state index in [1.54, 1.807) is 29.9 Å². The van der Waals surface area contributed by atoms with Crippen LogP contribution in [-0.4, -0.2) is 18.2 Å². The monoisotopic (exact) mass is 373 g/mol. The van der Waals surface area contributed by atoms with Gasteiger partial charge in [-0.25, -0.2) is 8.42 Å². The number of benzene rings is 1. The highest BCUT2D eigenvalue weighted by molar-refractivity contribution is 7.92. The van der Waals surface area contributed by atoms with E-state index in [0.29, 0.717) is 16.4 Å². The van der Waals surface area contributed by atoms with Gasteiger partial charge in [-0.2, -0.15) is 5.10 Å². The second-order valence-electron chi connectivity index (χ2n) is 5.73. The molecule has 1 heterocycles. The largest absolute Gasteiger partial charge is 0.278 e. The summed E-state index contributed by atoms with van der Waals surface area (Å²) in [6, 6.07) is 4.91. The summed E-state index contributed by atoms with van der Waals surface area (Å²) < 4.78 is 29.5. The van der Waals surface area contributed by atoms with Gasteiger partial charge in [0, 0.05) is 11.2 Å². The van der Waals surface area contributed by atoms with Crippen LogP contribution in [-0.2, 0) is 10.0 Å². The molecule has 5 nitrogen and oxygen atoms in total. The molecule has 1 aromatic heterocycles. The summed E-state index contributed by atoms with van der Waals surface area (Å²) >= 11 is 11.9. The Morgan fingerprint density at radius 2 is 1.96 bits per heavy atom. The highest BCUT2D eigenvalue weighted by Gasteiger charge is 2.25. The SMILES string of the molecule is Cc1nn(C2CCCC2)cc1S(=O)(=O)Nc1ccc(Cl)cc1Cl. The number of nitrogens with one attached hydrogen (secondary N) is 1. The van der Waals surface area contributed by atoms with Crippen molar-refractivity contribution in [3.63, 3.8) is 0 Å². The van der Waals surface area contributed by atoms with Crippen molar-refractivity contribution in [3.05, 3.63) is 40.1 Å². The predicted octanol–water partition coefficient (Wildman–Crippen LogP) is 4.41. The molecule has 2 aromatic rings. The molecule has 0 amide bonds. The third-order valence-corrected chi connectivity index (χ3v) is 6.05. The first-order valence-corrected chi connectivity index (χ1v) is 9.64. The Hall–Kier alpha value is -1.24. The van der Waals surface area contributed by atoms with E-state index in [1.165, 1.54) is 6.07 Å². The van der Waals surface area contributed by atoms with Crippen molar-refractivity contribution in [2.45, 2.75) is 43.5 Å². The van der Waals surface area contributed by atoms with Gasteiger partial charge in [-0.1, -0.05) is 36.0 Å². The van der Waals surface area contributed by atoms with Crippen LogP contribution >= 0.6 is 23.2 Å². The van der Waals surface area contributed by atoms with Crippen molar-refractivity contribution in [1.82, 2.24) is 9.78 Å². The number of aromatic nitrogens is 2. The van der Waals surface area contributed by atoms with E-state index in [9.17, 15) is 8.42 Å². The van der Waals surface area contributed by atoms with Crippen molar-refractivity contribution in [2.24, 2.45) is 0 Å². The lowest BCUT2D eigenvalue weighted by atomic mass is 10.3. The minimum atomic E-state index is -3.75. The summed E-state index contributed by atoms with van der Waals surface area (Å²) in [5, 5.41) is 5.08. The topological polar surface area (TPSA) is 64.0 Å². The lowest BCUT2D eigenvalue weighted by Gasteiger charge is -2.10. The number of hydrogen-bond donors (Lipinski definition) is 1. The summed E-state index contributed by atoms with van der Waals surface area (Å²) in [5.74, 6) is 0. The van der Waals surface area contributed by atoms with Crippen LogP contribution in [0.5, 0.6) is 0 Å². The van der Waals surface area contributed by atoms with Crippen LogP contribution in [0.2, 0.25) is 10.0 Å². The summed E-state index contributed by atoms with van der Waals surface area (Å²) in [6.07, 6.45) is 6.00. The van der Waals surface area contributed by atoms with Crippen molar-refractivity contribution < 1.29 is 8.42 Å². The Bertz CT molecular complexity index is 827. The summed E-state index contributed by atoms with van der Waals surface area (Å²) in [7, 11) is -3.75. The van der Waals surface area contributed by atoms with E-state index in [2.05, 4.69) is 9.82 Å². The molecular weight excluding hydrogens is 357 g/mol. The molecule has 1 fully saturated rings. The second-order valence-corrected chi connectivity index (χ2v) is 8.22. The summed E-state index contributed by atoms with van der Waals surface area (Å²) in [4.78, 5) is 0.176. The van der Waals surface area contributed by atoms with Gasteiger partial charge in [0.2, 0.25) is 0 Å². The van der Waals surface area contributed by atoms with E-state index < -0.39 is 10.0 Å². The Balaban J connectivity index is 1.90. The lowest BCUT2D eigenvalue weighted by molar-refractivity contribution is 0.464.